The minimum Gasteiger partial charge on any atom is -0.469 e. The summed E-state index contributed by atoms with van der Waals surface area (Å²) in [7, 11) is 2.57. The quantitative estimate of drug-likeness (QED) is 0.663. The third-order valence-electron chi connectivity index (χ3n) is 2.83. The van der Waals surface area contributed by atoms with Crippen LogP contribution in [0.25, 0.3) is 0 Å². The molecule has 0 saturated heterocycles. The Labute approximate surface area is 88.4 Å². The fourth-order valence-corrected chi connectivity index (χ4v) is 1.99. The number of esters is 2. The molecule has 0 aromatic heterocycles. The topological polar surface area (TPSA) is 72.8 Å². The highest BCUT2D eigenvalue weighted by molar-refractivity contribution is 5.82. The van der Waals surface area contributed by atoms with Gasteiger partial charge in [0.1, 0.15) is 0 Å². The molecule has 0 spiro atoms. The van der Waals surface area contributed by atoms with E-state index in [0.717, 1.165) is 0 Å². The van der Waals surface area contributed by atoms with Crippen LogP contribution in [0.2, 0.25) is 0 Å². The Morgan fingerprint density at radius 2 is 1.60 bits per heavy atom. The Balaban J connectivity index is 2.74. The zero-order chi connectivity index (χ0) is 11.4. The fourth-order valence-electron chi connectivity index (χ4n) is 1.99. The number of hydrogen-bond acceptors (Lipinski definition) is 5. The van der Waals surface area contributed by atoms with Gasteiger partial charge in [0.25, 0.3) is 0 Å². The van der Waals surface area contributed by atoms with Gasteiger partial charge in [0.15, 0.2) is 0 Å². The van der Waals surface area contributed by atoms with Gasteiger partial charge in [-0.2, -0.15) is 0 Å². The molecule has 0 bridgehead atoms. The van der Waals surface area contributed by atoms with Gasteiger partial charge >= 0.3 is 11.9 Å². The molecule has 5 nitrogen and oxygen atoms in total. The normalized spacial score (nSPS) is 30.7. The van der Waals surface area contributed by atoms with Crippen molar-refractivity contribution in [1.82, 2.24) is 0 Å². The van der Waals surface area contributed by atoms with Crippen LogP contribution in [0.5, 0.6) is 0 Å². The molecular weight excluding hydrogens is 200 g/mol. The van der Waals surface area contributed by atoms with E-state index in [-0.39, 0.29) is 6.42 Å². The molecule has 3 atom stereocenters. The van der Waals surface area contributed by atoms with Crippen LogP contribution in [0.4, 0.5) is 0 Å². The van der Waals surface area contributed by atoms with Crippen LogP contribution >= 0.6 is 0 Å². The maximum atomic E-state index is 11.4. The highest BCUT2D eigenvalue weighted by Crippen LogP contribution is 2.32. The monoisotopic (exact) mass is 216 g/mol. The number of hydrogen-bond donors (Lipinski definition) is 1. The van der Waals surface area contributed by atoms with Crippen LogP contribution in [0.3, 0.4) is 0 Å². The van der Waals surface area contributed by atoms with Crippen molar-refractivity contribution in [2.45, 2.75) is 25.4 Å². The predicted molar refractivity (Wildman–Crippen MR) is 50.9 cm³/mol. The first kappa shape index (κ1) is 12.0. The van der Waals surface area contributed by atoms with Crippen molar-refractivity contribution in [2.24, 2.45) is 11.8 Å². The number of aliphatic hydroxyl groups excluding tert-OH is 1. The lowest BCUT2D eigenvalue weighted by Crippen LogP contribution is -2.38. The van der Waals surface area contributed by atoms with Gasteiger partial charge in [0.05, 0.1) is 32.2 Å². The van der Waals surface area contributed by atoms with Gasteiger partial charge in [0.2, 0.25) is 0 Å². The summed E-state index contributed by atoms with van der Waals surface area (Å²) in [5.41, 5.74) is 0. The van der Waals surface area contributed by atoms with Gasteiger partial charge in [-0.25, -0.2) is 0 Å². The van der Waals surface area contributed by atoms with E-state index < -0.39 is 29.9 Å². The van der Waals surface area contributed by atoms with Crippen molar-refractivity contribution in [2.75, 3.05) is 14.2 Å². The first-order valence-corrected chi connectivity index (χ1v) is 4.93. The SMILES string of the molecule is COC(=O)[C@@H]1CC[C@H](O)C[C@H]1C(=O)OC. The average Bonchev–Trinajstić information content (AvgIpc) is 2.26. The molecule has 1 rings (SSSR count). The Kier molecular flexibility index (Phi) is 4.08. The Bertz CT molecular complexity index is 250. The minimum atomic E-state index is -0.578. The van der Waals surface area contributed by atoms with E-state index in [1.165, 1.54) is 14.2 Å². The summed E-state index contributed by atoms with van der Waals surface area (Å²) < 4.78 is 9.23. The first-order valence-electron chi connectivity index (χ1n) is 4.93. The van der Waals surface area contributed by atoms with Crippen molar-refractivity contribution in [1.29, 1.82) is 0 Å². The summed E-state index contributed by atoms with van der Waals surface area (Å²) in [6.07, 6.45) is 0.725. The maximum Gasteiger partial charge on any atom is 0.309 e. The fraction of sp³-hybridized carbons (Fsp3) is 0.800. The highest BCUT2D eigenvalue weighted by Gasteiger charge is 2.40. The predicted octanol–water partition coefficient (Wildman–Crippen LogP) is 0.110. The maximum absolute atomic E-state index is 11.4. The van der Waals surface area contributed by atoms with E-state index in [0.29, 0.717) is 12.8 Å². The molecule has 0 heterocycles. The third-order valence-corrected chi connectivity index (χ3v) is 2.83. The number of ether oxygens (including phenoxy) is 2. The summed E-state index contributed by atoms with van der Waals surface area (Å²) in [5, 5.41) is 9.44. The van der Waals surface area contributed by atoms with Gasteiger partial charge in [0, 0.05) is 0 Å². The molecule has 5 heteroatoms. The van der Waals surface area contributed by atoms with Gasteiger partial charge in [-0.15, -0.1) is 0 Å². The summed E-state index contributed by atoms with van der Waals surface area (Å²) in [6.45, 7) is 0. The van der Waals surface area contributed by atoms with Crippen LogP contribution in [-0.2, 0) is 19.1 Å². The molecule has 0 radical (unpaired) electrons. The molecule has 1 aliphatic rings. The van der Waals surface area contributed by atoms with Gasteiger partial charge in [-0.05, 0) is 19.3 Å². The van der Waals surface area contributed by atoms with Gasteiger partial charge in [-0.3, -0.25) is 9.59 Å². The van der Waals surface area contributed by atoms with Crippen molar-refractivity contribution >= 4 is 11.9 Å². The zero-order valence-corrected chi connectivity index (χ0v) is 8.93. The molecule has 15 heavy (non-hydrogen) atoms. The molecule has 1 aliphatic carbocycles. The lowest BCUT2D eigenvalue weighted by molar-refractivity contribution is -0.161. The zero-order valence-electron chi connectivity index (χ0n) is 8.93. The molecule has 1 saturated carbocycles. The second-order valence-corrected chi connectivity index (χ2v) is 3.73. The second-order valence-electron chi connectivity index (χ2n) is 3.73. The molecule has 0 aliphatic heterocycles. The van der Waals surface area contributed by atoms with Crippen LogP contribution in [-0.4, -0.2) is 37.4 Å². The average molecular weight is 216 g/mol. The van der Waals surface area contributed by atoms with Crippen LogP contribution in [0, 0.1) is 11.8 Å². The number of methoxy groups -OCH3 is 2. The van der Waals surface area contributed by atoms with Crippen LogP contribution in [0.15, 0.2) is 0 Å². The largest absolute Gasteiger partial charge is 0.469 e. The van der Waals surface area contributed by atoms with Crippen molar-refractivity contribution in [3.63, 3.8) is 0 Å². The van der Waals surface area contributed by atoms with Crippen molar-refractivity contribution in [3.8, 4) is 0 Å². The summed E-state index contributed by atoms with van der Waals surface area (Å²) in [6, 6.07) is 0. The minimum absolute atomic E-state index is 0.270. The Hall–Kier alpha value is -1.10. The standard InChI is InChI=1S/C10H16O5/c1-14-9(12)7-4-3-6(11)5-8(7)10(13)15-2/h6-8,11H,3-5H2,1-2H3/t6-,7+,8+/m0/s1. The number of carbonyl (C=O) groups is 2. The van der Waals surface area contributed by atoms with Crippen molar-refractivity contribution < 1.29 is 24.2 Å². The number of carbonyl (C=O) groups excluding carboxylic acids is 2. The van der Waals surface area contributed by atoms with E-state index in [2.05, 4.69) is 9.47 Å². The van der Waals surface area contributed by atoms with Crippen LogP contribution < -0.4 is 0 Å². The molecule has 1 N–H and O–H groups in total. The van der Waals surface area contributed by atoms with Gasteiger partial charge < -0.3 is 14.6 Å². The summed E-state index contributed by atoms with van der Waals surface area (Å²) in [5.74, 6) is -1.92. The lowest BCUT2D eigenvalue weighted by atomic mass is 9.78. The first-order chi connectivity index (χ1) is 7.10. The third kappa shape index (κ3) is 2.68. The Morgan fingerprint density at radius 3 is 2.13 bits per heavy atom. The molecule has 0 amide bonds. The van der Waals surface area contributed by atoms with Gasteiger partial charge in [-0.1, -0.05) is 0 Å². The van der Waals surface area contributed by atoms with E-state index >= 15 is 0 Å². The highest BCUT2D eigenvalue weighted by atomic mass is 16.5. The molecule has 86 valence electrons. The molecule has 0 aromatic carbocycles. The molecule has 1 fully saturated rings. The van der Waals surface area contributed by atoms with E-state index in [4.69, 9.17) is 0 Å². The molecule has 0 aromatic rings. The molecular formula is C10H16O5. The second kappa shape index (κ2) is 5.11. The molecule has 0 unspecified atom stereocenters. The van der Waals surface area contributed by atoms with Crippen LogP contribution in [0.1, 0.15) is 19.3 Å². The number of rotatable bonds is 2. The van der Waals surface area contributed by atoms with E-state index in [1.54, 1.807) is 0 Å². The lowest BCUT2D eigenvalue weighted by Gasteiger charge is -2.30. The van der Waals surface area contributed by atoms with Crippen molar-refractivity contribution in [3.05, 3.63) is 0 Å². The summed E-state index contributed by atoms with van der Waals surface area (Å²) >= 11 is 0. The smallest absolute Gasteiger partial charge is 0.309 e. The Morgan fingerprint density at radius 1 is 1.07 bits per heavy atom. The number of aliphatic hydroxyl groups is 1. The van der Waals surface area contributed by atoms with E-state index in [1.807, 2.05) is 0 Å². The summed E-state index contributed by atoms with van der Waals surface area (Å²) in [4.78, 5) is 22.8. The van der Waals surface area contributed by atoms with E-state index in [9.17, 15) is 14.7 Å².